The molecule has 1 N–H and O–H groups in total. The van der Waals surface area contributed by atoms with Crippen molar-refractivity contribution in [2.75, 3.05) is 12.3 Å². The molecule has 0 spiro atoms. The van der Waals surface area contributed by atoms with Crippen LogP contribution in [0.2, 0.25) is 5.02 Å². The summed E-state index contributed by atoms with van der Waals surface area (Å²) in [5.74, 6) is 1.71. The molecule has 3 rings (SSSR count). The van der Waals surface area contributed by atoms with Gasteiger partial charge in [0.05, 0.1) is 5.75 Å². The van der Waals surface area contributed by atoms with Gasteiger partial charge in [-0.25, -0.2) is 0 Å². The molecule has 0 aliphatic carbocycles. The molecule has 0 saturated heterocycles. The fraction of sp³-hybridized carbons (Fsp3) is 0.286. The third-order valence-electron chi connectivity index (χ3n) is 4.20. The van der Waals surface area contributed by atoms with Gasteiger partial charge in [0, 0.05) is 18.1 Å². The molecular formula is C21H23ClN4O2S. The second-order valence-electron chi connectivity index (χ2n) is 6.26. The van der Waals surface area contributed by atoms with Crippen molar-refractivity contribution in [1.29, 1.82) is 0 Å². The van der Waals surface area contributed by atoms with Crippen LogP contribution in [0.25, 0.3) is 0 Å². The summed E-state index contributed by atoms with van der Waals surface area (Å²) < 4.78 is 7.71. The van der Waals surface area contributed by atoms with Gasteiger partial charge in [-0.2, -0.15) is 0 Å². The summed E-state index contributed by atoms with van der Waals surface area (Å²) in [6.07, 6.45) is 0.814. The number of hydrogen-bond acceptors (Lipinski definition) is 5. The van der Waals surface area contributed by atoms with Crippen molar-refractivity contribution >= 4 is 29.3 Å². The smallest absolute Gasteiger partial charge is 0.230 e. The highest BCUT2D eigenvalue weighted by Crippen LogP contribution is 2.19. The van der Waals surface area contributed by atoms with Gasteiger partial charge >= 0.3 is 0 Å². The first-order valence-electron chi connectivity index (χ1n) is 9.39. The van der Waals surface area contributed by atoms with Crippen molar-refractivity contribution in [2.24, 2.45) is 0 Å². The number of carbonyl (C=O) groups is 1. The highest BCUT2D eigenvalue weighted by atomic mass is 35.5. The number of nitrogens with one attached hydrogen (secondary N) is 1. The maximum atomic E-state index is 12.1. The minimum atomic E-state index is -0.0180. The highest BCUT2D eigenvalue weighted by Gasteiger charge is 2.13. The zero-order valence-electron chi connectivity index (χ0n) is 16.2. The summed E-state index contributed by atoms with van der Waals surface area (Å²) in [7, 11) is 0. The van der Waals surface area contributed by atoms with E-state index in [4.69, 9.17) is 16.3 Å². The molecule has 6 nitrogen and oxygen atoms in total. The maximum Gasteiger partial charge on any atom is 0.230 e. The van der Waals surface area contributed by atoms with E-state index in [-0.39, 0.29) is 5.91 Å². The monoisotopic (exact) mass is 430 g/mol. The standard InChI is InChI=1S/C21H23ClN4O2S/c1-2-26-19(14-28-18-10-8-17(22)9-11-18)24-25-21(26)29-15-20(27)23-13-12-16-6-4-3-5-7-16/h3-11H,2,12-15H2,1H3,(H,23,27). The Balaban J connectivity index is 1.46. The Bertz CT molecular complexity index is 916. The van der Waals surface area contributed by atoms with Gasteiger partial charge in [0.1, 0.15) is 12.4 Å². The molecule has 8 heteroatoms. The van der Waals surface area contributed by atoms with E-state index >= 15 is 0 Å². The van der Waals surface area contributed by atoms with Crippen LogP contribution in [0.1, 0.15) is 18.3 Å². The Labute approximate surface area is 179 Å². The van der Waals surface area contributed by atoms with Crippen LogP contribution in [0, 0.1) is 0 Å². The van der Waals surface area contributed by atoms with Gasteiger partial charge in [0.15, 0.2) is 11.0 Å². The van der Waals surface area contributed by atoms with Gasteiger partial charge in [-0.3, -0.25) is 4.79 Å². The number of hydrogen-bond donors (Lipinski definition) is 1. The molecule has 0 radical (unpaired) electrons. The van der Waals surface area contributed by atoms with Crippen molar-refractivity contribution < 1.29 is 9.53 Å². The Morgan fingerprint density at radius 1 is 1.14 bits per heavy atom. The summed E-state index contributed by atoms with van der Waals surface area (Å²) >= 11 is 7.26. The first-order valence-corrected chi connectivity index (χ1v) is 10.8. The molecular weight excluding hydrogens is 408 g/mol. The molecule has 0 fully saturated rings. The number of ether oxygens (including phenoxy) is 1. The summed E-state index contributed by atoms with van der Waals surface area (Å²) in [5, 5.41) is 12.7. The largest absolute Gasteiger partial charge is 0.486 e. The van der Waals surface area contributed by atoms with E-state index in [0.29, 0.717) is 41.4 Å². The van der Waals surface area contributed by atoms with Crippen molar-refractivity contribution in [3.05, 3.63) is 71.0 Å². The molecule has 0 aliphatic heterocycles. The van der Waals surface area contributed by atoms with Crippen LogP contribution >= 0.6 is 23.4 Å². The summed E-state index contributed by atoms with van der Waals surface area (Å²) in [6, 6.07) is 17.3. The van der Waals surface area contributed by atoms with E-state index in [9.17, 15) is 4.79 Å². The third-order valence-corrected chi connectivity index (χ3v) is 5.42. The second kappa shape index (κ2) is 10.9. The average Bonchev–Trinajstić information content (AvgIpc) is 3.14. The minimum Gasteiger partial charge on any atom is -0.486 e. The lowest BCUT2D eigenvalue weighted by Gasteiger charge is -2.09. The van der Waals surface area contributed by atoms with Crippen molar-refractivity contribution in [1.82, 2.24) is 20.1 Å². The lowest BCUT2D eigenvalue weighted by Crippen LogP contribution is -2.27. The zero-order valence-corrected chi connectivity index (χ0v) is 17.7. The van der Waals surface area contributed by atoms with E-state index < -0.39 is 0 Å². The number of amides is 1. The van der Waals surface area contributed by atoms with Gasteiger partial charge in [0.2, 0.25) is 5.91 Å². The van der Waals surface area contributed by atoms with E-state index in [1.165, 1.54) is 17.3 Å². The van der Waals surface area contributed by atoms with Gasteiger partial charge in [-0.05, 0) is 43.2 Å². The van der Waals surface area contributed by atoms with Gasteiger partial charge in [0.25, 0.3) is 0 Å². The highest BCUT2D eigenvalue weighted by molar-refractivity contribution is 7.99. The summed E-state index contributed by atoms with van der Waals surface area (Å²) in [6.45, 7) is 3.62. The SMILES string of the molecule is CCn1c(COc2ccc(Cl)cc2)nnc1SCC(=O)NCCc1ccccc1. The van der Waals surface area contributed by atoms with Gasteiger partial charge in [-0.1, -0.05) is 53.7 Å². The topological polar surface area (TPSA) is 69.0 Å². The van der Waals surface area contributed by atoms with E-state index in [1.807, 2.05) is 41.8 Å². The molecule has 1 amide bonds. The Morgan fingerprint density at radius 3 is 2.62 bits per heavy atom. The zero-order chi connectivity index (χ0) is 20.5. The van der Waals surface area contributed by atoms with Crippen molar-refractivity contribution in [2.45, 2.75) is 31.7 Å². The second-order valence-corrected chi connectivity index (χ2v) is 7.64. The van der Waals surface area contributed by atoms with Crippen LogP contribution in [0.15, 0.2) is 59.8 Å². The predicted molar refractivity (Wildman–Crippen MR) is 115 cm³/mol. The first kappa shape index (κ1) is 21.2. The summed E-state index contributed by atoms with van der Waals surface area (Å²) in [4.78, 5) is 12.1. The van der Waals surface area contributed by atoms with Crippen LogP contribution in [0.5, 0.6) is 5.75 Å². The number of rotatable bonds is 10. The Hall–Kier alpha value is -2.51. The number of benzene rings is 2. The number of nitrogens with zero attached hydrogens (tertiary/aromatic N) is 3. The number of carbonyl (C=O) groups excluding carboxylic acids is 1. The quantitative estimate of drug-likeness (QED) is 0.492. The molecule has 0 aliphatic rings. The molecule has 0 atom stereocenters. The molecule has 1 heterocycles. The van der Waals surface area contributed by atoms with E-state index in [0.717, 1.165) is 12.2 Å². The van der Waals surface area contributed by atoms with Crippen LogP contribution in [-0.4, -0.2) is 33.0 Å². The van der Waals surface area contributed by atoms with Crippen LogP contribution in [0.4, 0.5) is 0 Å². The predicted octanol–water partition coefficient (Wildman–Crippen LogP) is 3.98. The number of halogens is 1. The van der Waals surface area contributed by atoms with Crippen LogP contribution in [0.3, 0.4) is 0 Å². The summed E-state index contributed by atoms with van der Waals surface area (Å²) in [5.41, 5.74) is 1.21. The fourth-order valence-corrected chi connectivity index (χ4v) is 3.68. The van der Waals surface area contributed by atoms with Gasteiger partial charge in [-0.15, -0.1) is 10.2 Å². The lowest BCUT2D eigenvalue weighted by molar-refractivity contribution is -0.118. The Kier molecular flexibility index (Phi) is 7.95. The van der Waals surface area contributed by atoms with Gasteiger partial charge < -0.3 is 14.6 Å². The fourth-order valence-electron chi connectivity index (χ4n) is 2.70. The molecule has 0 unspecified atom stereocenters. The first-order chi connectivity index (χ1) is 14.2. The Morgan fingerprint density at radius 2 is 1.90 bits per heavy atom. The minimum absolute atomic E-state index is 0.0180. The molecule has 3 aromatic rings. The molecule has 0 saturated carbocycles. The van der Waals surface area contributed by atoms with E-state index in [1.54, 1.807) is 12.1 Å². The third kappa shape index (κ3) is 6.51. The van der Waals surface area contributed by atoms with Crippen LogP contribution in [-0.2, 0) is 24.4 Å². The molecule has 1 aromatic heterocycles. The molecule has 29 heavy (non-hydrogen) atoms. The average molecular weight is 431 g/mol. The maximum absolute atomic E-state index is 12.1. The van der Waals surface area contributed by atoms with E-state index in [2.05, 4.69) is 27.6 Å². The molecule has 0 bridgehead atoms. The van der Waals surface area contributed by atoms with Crippen molar-refractivity contribution in [3.8, 4) is 5.75 Å². The number of thioether (sulfide) groups is 1. The lowest BCUT2D eigenvalue weighted by atomic mass is 10.1. The molecule has 152 valence electrons. The van der Waals surface area contributed by atoms with Crippen LogP contribution < -0.4 is 10.1 Å². The molecule has 2 aromatic carbocycles. The number of aromatic nitrogens is 3. The van der Waals surface area contributed by atoms with Crippen molar-refractivity contribution in [3.63, 3.8) is 0 Å². The normalized spacial score (nSPS) is 10.7.